The highest BCUT2D eigenvalue weighted by atomic mass is 32.2. The summed E-state index contributed by atoms with van der Waals surface area (Å²) in [6, 6.07) is 5.41. The molecule has 0 unspecified atom stereocenters. The average Bonchev–Trinajstić information content (AvgIpc) is 3.06. The summed E-state index contributed by atoms with van der Waals surface area (Å²) in [7, 11) is 1.56. The minimum absolute atomic E-state index is 0.165. The molecule has 0 atom stereocenters. The second-order valence-electron chi connectivity index (χ2n) is 4.85. The third kappa shape index (κ3) is 3.13. The zero-order valence-electron chi connectivity index (χ0n) is 13.0. The van der Waals surface area contributed by atoms with Crippen LogP contribution < -0.4 is 10.3 Å². The normalized spacial score (nSPS) is 11.2. The molecule has 24 heavy (non-hydrogen) atoms. The van der Waals surface area contributed by atoms with E-state index in [0.717, 1.165) is 10.2 Å². The van der Waals surface area contributed by atoms with Crippen LogP contribution in [0.3, 0.4) is 0 Å². The van der Waals surface area contributed by atoms with E-state index in [2.05, 4.69) is 9.97 Å². The van der Waals surface area contributed by atoms with E-state index < -0.39 is 0 Å². The van der Waals surface area contributed by atoms with Gasteiger partial charge in [0.1, 0.15) is 16.1 Å². The maximum Gasteiger partial charge on any atom is 0.261 e. The van der Waals surface area contributed by atoms with E-state index in [-0.39, 0.29) is 16.9 Å². The zero-order chi connectivity index (χ0) is 17.1. The van der Waals surface area contributed by atoms with Crippen LogP contribution in [0.1, 0.15) is 16.1 Å². The Morgan fingerprint density at radius 2 is 2.21 bits per heavy atom. The van der Waals surface area contributed by atoms with Gasteiger partial charge in [-0.1, -0.05) is 0 Å². The molecule has 0 amide bonds. The minimum atomic E-state index is -0.369. The van der Waals surface area contributed by atoms with Crippen LogP contribution in [-0.2, 0) is 0 Å². The largest absolute Gasteiger partial charge is 0.495 e. The van der Waals surface area contributed by atoms with Crippen LogP contribution in [0.2, 0.25) is 0 Å². The molecule has 122 valence electrons. The summed E-state index contributed by atoms with van der Waals surface area (Å²) < 4.78 is 5.04. The number of hydrogen-bond donors (Lipinski definition) is 1. The molecular weight excluding hydrogens is 344 g/mol. The zero-order valence-corrected chi connectivity index (χ0v) is 14.7. The number of aromatic nitrogens is 2. The van der Waals surface area contributed by atoms with Crippen molar-refractivity contribution >= 4 is 45.2 Å². The molecule has 3 heterocycles. The van der Waals surface area contributed by atoms with Gasteiger partial charge in [-0.2, -0.15) is 0 Å². The number of carbonyl (C=O) groups excluding carboxylic acids is 1. The van der Waals surface area contributed by atoms with E-state index in [1.165, 1.54) is 29.2 Å². The van der Waals surface area contributed by atoms with Crippen molar-refractivity contribution < 1.29 is 9.53 Å². The predicted octanol–water partition coefficient (Wildman–Crippen LogP) is 3.61. The summed E-state index contributed by atoms with van der Waals surface area (Å²) in [5.41, 5.74) is 0.410. The molecule has 0 aromatic carbocycles. The van der Waals surface area contributed by atoms with Gasteiger partial charge in [-0.05, 0) is 42.0 Å². The number of allylic oxidation sites excluding steroid dienone is 1. The maximum atomic E-state index is 12.5. The highest BCUT2D eigenvalue weighted by molar-refractivity contribution is 7.99. The first-order valence-corrected chi connectivity index (χ1v) is 9.14. The smallest absolute Gasteiger partial charge is 0.261 e. The Bertz CT molecular complexity index is 972. The van der Waals surface area contributed by atoms with Crippen LogP contribution in [0.15, 0.2) is 45.5 Å². The van der Waals surface area contributed by atoms with E-state index in [0.29, 0.717) is 16.3 Å². The van der Waals surface area contributed by atoms with Gasteiger partial charge in [0.25, 0.3) is 5.56 Å². The van der Waals surface area contributed by atoms with Gasteiger partial charge < -0.3 is 9.72 Å². The molecule has 0 aliphatic heterocycles. The molecule has 0 saturated carbocycles. The molecule has 3 aromatic rings. The lowest BCUT2D eigenvalue weighted by atomic mass is 10.1. The number of rotatable bonds is 5. The number of ether oxygens (including phenoxy) is 1. The summed E-state index contributed by atoms with van der Waals surface area (Å²) in [6.07, 6.45) is 6.39. The fourth-order valence-electron chi connectivity index (χ4n) is 2.28. The topological polar surface area (TPSA) is 72.1 Å². The van der Waals surface area contributed by atoms with Crippen molar-refractivity contribution in [3.8, 4) is 5.75 Å². The highest BCUT2D eigenvalue weighted by Crippen LogP contribution is 2.30. The van der Waals surface area contributed by atoms with Gasteiger partial charge in [0.05, 0.1) is 19.0 Å². The third-order valence-corrected chi connectivity index (χ3v) is 5.10. The van der Waals surface area contributed by atoms with Crippen molar-refractivity contribution in [1.29, 1.82) is 0 Å². The molecule has 7 heteroatoms. The Balaban J connectivity index is 1.97. The van der Waals surface area contributed by atoms with Gasteiger partial charge in [0.2, 0.25) is 0 Å². The van der Waals surface area contributed by atoms with Gasteiger partial charge in [-0.25, -0.2) is 0 Å². The Labute approximate surface area is 146 Å². The van der Waals surface area contributed by atoms with Crippen molar-refractivity contribution in [2.45, 2.75) is 4.90 Å². The van der Waals surface area contributed by atoms with Crippen LogP contribution >= 0.6 is 23.1 Å². The lowest BCUT2D eigenvalue weighted by molar-refractivity contribution is 0.104. The molecule has 0 spiro atoms. The van der Waals surface area contributed by atoms with E-state index in [1.807, 2.05) is 17.7 Å². The van der Waals surface area contributed by atoms with Crippen LogP contribution in [0.4, 0.5) is 0 Å². The quantitative estimate of drug-likeness (QED) is 0.428. The first-order chi connectivity index (χ1) is 11.6. The number of methoxy groups -OCH3 is 1. The Morgan fingerprint density at radius 1 is 1.38 bits per heavy atom. The fraction of sp³-hybridized carbons (Fsp3) is 0.118. The number of thioether (sulfide) groups is 1. The molecule has 0 bridgehead atoms. The molecule has 5 nitrogen and oxygen atoms in total. The van der Waals surface area contributed by atoms with E-state index in [9.17, 15) is 9.59 Å². The standard InChI is InChI=1S/C17H14N2O3S2/c1-22-11-5-3-10(18-9-11)4-6-13(20)14-15(23-2)12-7-8-24-17(12)19-16(14)21/h3-9H,1-2H3,(H,19,21)/b6-4+. The second-order valence-corrected chi connectivity index (χ2v) is 6.58. The van der Waals surface area contributed by atoms with Crippen LogP contribution in [0.5, 0.6) is 5.75 Å². The highest BCUT2D eigenvalue weighted by Gasteiger charge is 2.17. The molecular formula is C17H14N2O3S2. The van der Waals surface area contributed by atoms with E-state index in [4.69, 9.17) is 4.74 Å². The SMILES string of the molecule is COc1ccc(/C=C/C(=O)c2c(SC)c3ccsc3[nH]c2=O)nc1. The van der Waals surface area contributed by atoms with Crippen LogP contribution in [-0.4, -0.2) is 29.1 Å². The first kappa shape index (κ1) is 16.5. The van der Waals surface area contributed by atoms with Crippen molar-refractivity contribution in [3.63, 3.8) is 0 Å². The Hall–Kier alpha value is -2.38. The van der Waals surface area contributed by atoms with Gasteiger partial charge >= 0.3 is 0 Å². The van der Waals surface area contributed by atoms with Crippen LogP contribution in [0.25, 0.3) is 16.3 Å². The molecule has 0 saturated heterocycles. The molecule has 0 aliphatic rings. The molecule has 0 radical (unpaired) electrons. The van der Waals surface area contributed by atoms with Crippen molar-refractivity contribution in [1.82, 2.24) is 9.97 Å². The number of nitrogens with zero attached hydrogens (tertiary/aromatic N) is 1. The fourth-order valence-corrected chi connectivity index (χ4v) is 3.92. The number of ketones is 1. The number of fused-ring (bicyclic) bond motifs is 1. The molecule has 0 fully saturated rings. The summed E-state index contributed by atoms with van der Waals surface area (Å²) in [5, 5.41) is 2.79. The van der Waals surface area contributed by atoms with E-state index in [1.54, 1.807) is 31.5 Å². The predicted molar refractivity (Wildman–Crippen MR) is 98.4 cm³/mol. The van der Waals surface area contributed by atoms with E-state index >= 15 is 0 Å². The van der Waals surface area contributed by atoms with Crippen molar-refractivity contribution in [2.24, 2.45) is 0 Å². The summed E-state index contributed by atoms with van der Waals surface area (Å²) in [4.78, 5) is 33.3. The summed E-state index contributed by atoms with van der Waals surface area (Å²) in [5.74, 6) is 0.300. The Morgan fingerprint density at radius 3 is 2.88 bits per heavy atom. The molecule has 1 N–H and O–H groups in total. The number of thiophene rings is 1. The number of pyridine rings is 2. The molecule has 3 rings (SSSR count). The minimum Gasteiger partial charge on any atom is -0.495 e. The maximum absolute atomic E-state index is 12.5. The summed E-state index contributed by atoms with van der Waals surface area (Å²) in [6.45, 7) is 0. The Kier molecular flexibility index (Phi) is 4.82. The number of H-pyrrole nitrogens is 1. The monoisotopic (exact) mass is 358 g/mol. The lowest BCUT2D eigenvalue weighted by Crippen LogP contribution is -2.17. The number of hydrogen-bond acceptors (Lipinski definition) is 6. The number of carbonyl (C=O) groups is 1. The van der Waals surface area contributed by atoms with Gasteiger partial charge in [0.15, 0.2) is 5.78 Å². The third-order valence-electron chi connectivity index (χ3n) is 3.44. The average molecular weight is 358 g/mol. The summed E-state index contributed by atoms with van der Waals surface area (Å²) >= 11 is 2.84. The number of aromatic amines is 1. The first-order valence-electron chi connectivity index (χ1n) is 7.04. The van der Waals surface area contributed by atoms with Crippen molar-refractivity contribution in [3.05, 3.63) is 57.5 Å². The lowest BCUT2D eigenvalue weighted by Gasteiger charge is -2.05. The molecule has 3 aromatic heterocycles. The van der Waals surface area contributed by atoms with Gasteiger partial charge in [0, 0.05) is 10.3 Å². The van der Waals surface area contributed by atoms with Crippen LogP contribution in [0, 0.1) is 0 Å². The van der Waals surface area contributed by atoms with Gasteiger partial charge in [-0.15, -0.1) is 23.1 Å². The molecule has 0 aliphatic carbocycles. The number of nitrogens with one attached hydrogen (secondary N) is 1. The van der Waals surface area contributed by atoms with Gasteiger partial charge in [-0.3, -0.25) is 14.6 Å². The second kappa shape index (κ2) is 7.02. The van der Waals surface area contributed by atoms with Crippen molar-refractivity contribution in [2.75, 3.05) is 13.4 Å².